The zero-order valence-electron chi connectivity index (χ0n) is 9.93. The third-order valence-corrected chi connectivity index (χ3v) is 2.49. The van der Waals surface area contributed by atoms with Gasteiger partial charge >= 0.3 is 5.97 Å². The van der Waals surface area contributed by atoms with Gasteiger partial charge in [0.2, 0.25) is 0 Å². The molecular formula is C12H13N3O2. The SMILES string of the molecule is Cc1ccc(C(=O)O)c(-n2nc(C)nc2C)c1. The average Bonchev–Trinajstić information content (AvgIpc) is 2.57. The summed E-state index contributed by atoms with van der Waals surface area (Å²) in [7, 11) is 0. The summed E-state index contributed by atoms with van der Waals surface area (Å²) in [5, 5.41) is 13.4. The highest BCUT2D eigenvalue weighted by molar-refractivity contribution is 5.92. The largest absolute Gasteiger partial charge is 0.478 e. The first-order valence-electron chi connectivity index (χ1n) is 5.23. The van der Waals surface area contributed by atoms with Crippen LogP contribution in [0.4, 0.5) is 0 Å². The van der Waals surface area contributed by atoms with Gasteiger partial charge in [0.15, 0.2) is 0 Å². The zero-order valence-corrected chi connectivity index (χ0v) is 9.93. The van der Waals surface area contributed by atoms with Gasteiger partial charge in [-0.15, -0.1) is 0 Å². The van der Waals surface area contributed by atoms with Crippen LogP contribution in [0.2, 0.25) is 0 Å². The third-order valence-electron chi connectivity index (χ3n) is 2.49. The van der Waals surface area contributed by atoms with Crippen molar-refractivity contribution in [1.82, 2.24) is 14.8 Å². The molecule has 0 fully saturated rings. The van der Waals surface area contributed by atoms with E-state index >= 15 is 0 Å². The standard InChI is InChI=1S/C12H13N3O2/c1-7-4-5-10(12(16)17)11(6-7)15-9(3)13-8(2)14-15/h4-6H,1-3H3,(H,16,17). The number of rotatable bonds is 2. The number of carbonyl (C=O) groups is 1. The van der Waals surface area contributed by atoms with Crippen LogP contribution in [-0.4, -0.2) is 25.8 Å². The fraction of sp³-hybridized carbons (Fsp3) is 0.250. The van der Waals surface area contributed by atoms with E-state index in [0.29, 0.717) is 17.3 Å². The fourth-order valence-corrected chi connectivity index (χ4v) is 1.75. The predicted molar refractivity (Wildman–Crippen MR) is 62.5 cm³/mol. The molecule has 2 rings (SSSR count). The molecule has 0 atom stereocenters. The molecule has 0 aliphatic heterocycles. The smallest absolute Gasteiger partial charge is 0.337 e. The van der Waals surface area contributed by atoms with E-state index in [2.05, 4.69) is 10.1 Å². The van der Waals surface area contributed by atoms with Gasteiger partial charge in [-0.3, -0.25) is 0 Å². The van der Waals surface area contributed by atoms with Gasteiger partial charge in [-0.05, 0) is 38.5 Å². The molecule has 0 amide bonds. The molecule has 0 bridgehead atoms. The lowest BCUT2D eigenvalue weighted by Gasteiger charge is -2.08. The second-order valence-electron chi connectivity index (χ2n) is 3.94. The number of carboxylic acid groups (broad SMARTS) is 1. The number of nitrogens with zero attached hydrogens (tertiary/aromatic N) is 3. The van der Waals surface area contributed by atoms with Gasteiger partial charge in [0.1, 0.15) is 11.6 Å². The topological polar surface area (TPSA) is 68.0 Å². The molecular weight excluding hydrogens is 218 g/mol. The molecule has 88 valence electrons. The van der Waals surface area contributed by atoms with Gasteiger partial charge in [-0.1, -0.05) is 6.07 Å². The van der Waals surface area contributed by atoms with Crippen molar-refractivity contribution in [3.8, 4) is 5.69 Å². The first-order valence-corrected chi connectivity index (χ1v) is 5.23. The molecule has 5 nitrogen and oxygen atoms in total. The summed E-state index contributed by atoms with van der Waals surface area (Å²) in [5.41, 5.74) is 1.76. The molecule has 0 aliphatic rings. The molecule has 17 heavy (non-hydrogen) atoms. The Kier molecular flexibility index (Phi) is 2.67. The molecule has 2 aromatic rings. The van der Waals surface area contributed by atoms with E-state index in [1.807, 2.05) is 6.92 Å². The van der Waals surface area contributed by atoms with Crippen LogP contribution in [-0.2, 0) is 0 Å². The Morgan fingerprint density at radius 2 is 2.00 bits per heavy atom. The molecule has 0 saturated carbocycles. The second kappa shape index (κ2) is 4.01. The summed E-state index contributed by atoms with van der Waals surface area (Å²) in [6.45, 7) is 5.49. The summed E-state index contributed by atoms with van der Waals surface area (Å²) in [6.07, 6.45) is 0. The van der Waals surface area contributed by atoms with E-state index in [1.165, 1.54) is 0 Å². The number of carboxylic acids is 1. The molecule has 1 N–H and O–H groups in total. The van der Waals surface area contributed by atoms with Crippen molar-refractivity contribution in [2.24, 2.45) is 0 Å². The van der Waals surface area contributed by atoms with Crippen molar-refractivity contribution in [2.45, 2.75) is 20.8 Å². The van der Waals surface area contributed by atoms with Crippen LogP contribution in [0.5, 0.6) is 0 Å². The highest BCUT2D eigenvalue weighted by Gasteiger charge is 2.14. The Bertz CT molecular complexity index is 587. The molecule has 0 radical (unpaired) electrons. The van der Waals surface area contributed by atoms with Crippen LogP contribution in [0.25, 0.3) is 5.69 Å². The summed E-state index contributed by atoms with van der Waals surface area (Å²) in [4.78, 5) is 15.3. The van der Waals surface area contributed by atoms with Gasteiger partial charge in [0.05, 0.1) is 11.3 Å². The highest BCUT2D eigenvalue weighted by Crippen LogP contribution is 2.17. The quantitative estimate of drug-likeness (QED) is 0.857. The molecule has 5 heteroatoms. The molecule has 1 aromatic heterocycles. The van der Waals surface area contributed by atoms with Gasteiger partial charge in [0, 0.05) is 0 Å². The first kappa shape index (κ1) is 11.3. The number of aromatic nitrogens is 3. The maximum Gasteiger partial charge on any atom is 0.337 e. The Hall–Kier alpha value is -2.17. The minimum Gasteiger partial charge on any atom is -0.478 e. The Labute approximate surface area is 98.7 Å². The van der Waals surface area contributed by atoms with E-state index in [-0.39, 0.29) is 5.56 Å². The maximum absolute atomic E-state index is 11.2. The van der Waals surface area contributed by atoms with Crippen molar-refractivity contribution >= 4 is 5.97 Å². The van der Waals surface area contributed by atoms with Gasteiger partial charge < -0.3 is 5.11 Å². The summed E-state index contributed by atoms with van der Waals surface area (Å²) in [6, 6.07) is 5.15. The van der Waals surface area contributed by atoms with E-state index in [1.54, 1.807) is 36.7 Å². The normalized spacial score (nSPS) is 10.5. The van der Waals surface area contributed by atoms with Crippen molar-refractivity contribution in [1.29, 1.82) is 0 Å². The van der Waals surface area contributed by atoms with E-state index in [9.17, 15) is 4.79 Å². The molecule has 1 heterocycles. The highest BCUT2D eigenvalue weighted by atomic mass is 16.4. The Morgan fingerprint density at radius 1 is 1.29 bits per heavy atom. The molecule has 0 spiro atoms. The summed E-state index contributed by atoms with van der Waals surface area (Å²) < 4.78 is 1.56. The van der Waals surface area contributed by atoms with Gasteiger partial charge in [0.25, 0.3) is 0 Å². The number of benzene rings is 1. The van der Waals surface area contributed by atoms with Crippen LogP contribution in [0.1, 0.15) is 27.6 Å². The minimum absolute atomic E-state index is 0.226. The Morgan fingerprint density at radius 3 is 2.53 bits per heavy atom. The number of hydrogen-bond donors (Lipinski definition) is 1. The molecule has 0 aliphatic carbocycles. The lowest BCUT2D eigenvalue weighted by atomic mass is 10.1. The van der Waals surface area contributed by atoms with Crippen LogP contribution in [0.3, 0.4) is 0 Å². The maximum atomic E-state index is 11.2. The van der Waals surface area contributed by atoms with Crippen LogP contribution in [0.15, 0.2) is 18.2 Å². The minimum atomic E-state index is -0.965. The Balaban J connectivity index is 2.69. The molecule has 1 aromatic carbocycles. The number of hydrogen-bond acceptors (Lipinski definition) is 3. The number of aryl methyl sites for hydroxylation is 3. The van der Waals surface area contributed by atoms with Crippen LogP contribution >= 0.6 is 0 Å². The van der Waals surface area contributed by atoms with Crippen molar-refractivity contribution < 1.29 is 9.90 Å². The lowest BCUT2D eigenvalue weighted by molar-refractivity contribution is 0.0696. The van der Waals surface area contributed by atoms with E-state index < -0.39 is 5.97 Å². The second-order valence-corrected chi connectivity index (χ2v) is 3.94. The van der Waals surface area contributed by atoms with Gasteiger partial charge in [-0.25, -0.2) is 14.5 Å². The predicted octanol–water partition coefficient (Wildman–Crippen LogP) is 1.89. The molecule has 0 saturated heterocycles. The number of aromatic carboxylic acids is 1. The van der Waals surface area contributed by atoms with E-state index in [4.69, 9.17) is 5.11 Å². The third kappa shape index (κ3) is 2.04. The zero-order chi connectivity index (χ0) is 12.6. The van der Waals surface area contributed by atoms with Gasteiger partial charge in [-0.2, -0.15) is 5.10 Å². The fourth-order valence-electron chi connectivity index (χ4n) is 1.75. The van der Waals surface area contributed by atoms with Crippen molar-refractivity contribution in [3.05, 3.63) is 41.0 Å². The average molecular weight is 231 g/mol. The molecule has 0 unspecified atom stereocenters. The summed E-state index contributed by atoms with van der Waals surface area (Å²) in [5.74, 6) is 0.337. The van der Waals surface area contributed by atoms with E-state index in [0.717, 1.165) is 5.56 Å². The van der Waals surface area contributed by atoms with Crippen LogP contribution < -0.4 is 0 Å². The van der Waals surface area contributed by atoms with Crippen LogP contribution in [0, 0.1) is 20.8 Å². The monoisotopic (exact) mass is 231 g/mol. The first-order chi connectivity index (χ1) is 7.99. The summed E-state index contributed by atoms with van der Waals surface area (Å²) >= 11 is 0. The van der Waals surface area contributed by atoms with Crippen molar-refractivity contribution in [2.75, 3.05) is 0 Å². The van der Waals surface area contributed by atoms with Crippen molar-refractivity contribution in [3.63, 3.8) is 0 Å². The lowest BCUT2D eigenvalue weighted by Crippen LogP contribution is -2.08.